The lowest BCUT2D eigenvalue weighted by Gasteiger charge is -2.21. The predicted molar refractivity (Wildman–Crippen MR) is 102 cm³/mol. The zero-order chi connectivity index (χ0) is 18.8. The van der Waals surface area contributed by atoms with E-state index in [1.807, 2.05) is 18.2 Å². The van der Waals surface area contributed by atoms with Gasteiger partial charge in [0.25, 0.3) is 5.91 Å². The number of pyridine rings is 1. The second-order valence-corrected chi connectivity index (χ2v) is 7.11. The van der Waals surface area contributed by atoms with Crippen molar-refractivity contribution < 1.29 is 9.59 Å². The lowest BCUT2D eigenvalue weighted by atomic mass is 10.0. The number of nitrogen functional groups attached to an aromatic ring is 1. The average molecular weight is 373 g/mol. The number of aromatic nitrogens is 1. The van der Waals surface area contributed by atoms with Crippen LogP contribution in [0.15, 0.2) is 36.5 Å². The summed E-state index contributed by atoms with van der Waals surface area (Å²) < 4.78 is 0. The summed E-state index contributed by atoms with van der Waals surface area (Å²) in [4.78, 5) is 31.9. The Bertz CT molecular complexity index is 855. The summed E-state index contributed by atoms with van der Waals surface area (Å²) in [6.07, 6.45) is 2.12. The van der Waals surface area contributed by atoms with Crippen LogP contribution in [0.1, 0.15) is 16.8 Å². The Morgan fingerprint density at radius 3 is 2.81 bits per heavy atom. The standard InChI is InChI=1S/C19H21ClN4O2/c1-23-10-12(6-17(23)25)11-24(2)19(26)14-5-3-4-13(7-14)15-8-16(20)18(21)22-9-15/h3-5,7-9,12H,6,10-11H2,1-2H3,(H2,21,22)/t12-/m1/s1. The van der Waals surface area contributed by atoms with E-state index in [1.54, 1.807) is 42.2 Å². The molecule has 0 unspecified atom stereocenters. The van der Waals surface area contributed by atoms with Crippen LogP contribution in [0.3, 0.4) is 0 Å². The summed E-state index contributed by atoms with van der Waals surface area (Å²) in [7, 11) is 3.55. The summed E-state index contributed by atoms with van der Waals surface area (Å²) in [5.41, 5.74) is 7.87. The van der Waals surface area contributed by atoms with Gasteiger partial charge in [0.05, 0.1) is 5.02 Å². The average Bonchev–Trinajstić information content (AvgIpc) is 2.94. The van der Waals surface area contributed by atoms with Crippen molar-refractivity contribution in [1.82, 2.24) is 14.8 Å². The molecule has 1 atom stereocenters. The molecule has 7 heteroatoms. The van der Waals surface area contributed by atoms with Gasteiger partial charge in [0.15, 0.2) is 0 Å². The van der Waals surface area contributed by atoms with Crippen LogP contribution in [0.4, 0.5) is 5.82 Å². The Balaban J connectivity index is 1.75. The van der Waals surface area contributed by atoms with Crippen molar-refractivity contribution >= 4 is 29.2 Å². The van der Waals surface area contributed by atoms with Gasteiger partial charge in [0.1, 0.15) is 5.82 Å². The quantitative estimate of drug-likeness (QED) is 0.894. The molecule has 1 aliphatic heterocycles. The second kappa shape index (κ2) is 7.33. The molecule has 0 saturated carbocycles. The van der Waals surface area contributed by atoms with Crippen LogP contribution in [0.2, 0.25) is 5.02 Å². The summed E-state index contributed by atoms with van der Waals surface area (Å²) in [6.45, 7) is 1.24. The van der Waals surface area contributed by atoms with Gasteiger partial charge in [-0.1, -0.05) is 23.7 Å². The predicted octanol–water partition coefficient (Wildman–Crippen LogP) is 2.53. The van der Waals surface area contributed by atoms with Crippen LogP contribution in [-0.4, -0.2) is 53.8 Å². The van der Waals surface area contributed by atoms with Crippen LogP contribution in [0.25, 0.3) is 11.1 Å². The van der Waals surface area contributed by atoms with Crippen molar-refractivity contribution in [2.45, 2.75) is 6.42 Å². The maximum Gasteiger partial charge on any atom is 0.253 e. The van der Waals surface area contributed by atoms with Crippen LogP contribution in [-0.2, 0) is 4.79 Å². The molecule has 6 nitrogen and oxygen atoms in total. The Morgan fingerprint density at radius 2 is 2.15 bits per heavy atom. The van der Waals surface area contributed by atoms with E-state index in [1.165, 1.54) is 0 Å². The molecule has 1 aliphatic rings. The summed E-state index contributed by atoms with van der Waals surface area (Å²) in [6, 6.07) is 9.05. The molecule has 0 bridgehead atoms. The number of nitrogens with two attached hydrogens (primary N) is 1. The Kier molecular flexibility index (Phi) is 5.13. The van der Waals surface area contributed by atoms with Crippen LogP contribution < -0.4 is 5.73 Å². The van der Waals surface area contributed by atoms with Crippen LogP contribution >= 0.6 is 11.6 Å². The molecule has 2 amide bonds. The highest BCUT2D eigenvalue weighted by Crippen LogP contribution is 2.26. The van der Waals surface area contributed by atoms with E-state index in [0.717, 1.165) is 11.1 Å². The summed E-state index contributed by atoms with van der Waals surface area (Å²) in [5, 5.41) is 0.381. The van der Waals surface area contributed by atoms with E-state index in [9.17, 15) is 9.59 Å². The number of halogens is 1. The first-order chi connectivity index (χ1) is 12.3. The molecule has 1 saturated heterocycles. The molecular formula is C19H21ClN4O2. The fraction of sp³-hybridized carbons (Fsp3) is 0.316. The zero-order valence-corrected chi connectivity index (χ0v) is 15.5. The molecule has 26 heavy (non-hydrogen) atoms. The number of anilines is 1. The Morgan fingerprint density at radius 1 is 1.38 bits per heavy atom. The molecule has 0 aliphatic carbocycles. The number of likely N-dealkylation sites (tertiary alicyclic amines) is 1. The fourth-order valence-corrected chi connectivity index (χ4v) is 3.37. The summed E-state index contributed by atoms with van der Waals surface area (Å²) >= 11 is 6.04. The molecule has 0 spiro atoms. The number of benzene rings is 1. The first kappa shape index (κ1) is 18.2. The monoisotopic (exact) mass is 372 g/mol. The molecule has 1 fully saturated rings. The Labute approximate surface area is 157 Å². The maximum atomic E-state index is 12.8. The first-order valence-corrected chi connectivity index (χ1v) is 8.74. The smallest absolute Gasteiger partial charge is 0.253 e. The highest BCUT2D eigenvalue weighted by atomic mass is 35.5. The van der Waals surface area contributed by atoms with Gasteiger partial charge in [-0.25, -0.2) is 4.98 Å². The van der Waals surface area contributed by atoms with E-state index in [0.29, 0.717) is 30.1 Å². The first-order valence-electron chi connectivity index (χ1n) is 8.36. The topological polar surface area (TPSA) is 79.5 Å². The van der Waals surface area contributed by atoms with Crippen molar-refractivity contribution in [1.29, 1.82) is 0 Å². The molecule has 2 heterocycles. The van der Waals surface area contributed by atoms with Gasteiger partial charge in [-0.2, -0.15) is 0 Å². The normalized spacial score (nSPS) is 16.8. The fourth-order valence-electron chi connectivity index (χ4n) is 3.21. The molecule has 136 valence electrons. The van der Waals surface area contributed by atoms with Crippen molar-refractivity contribution in [2.75, 3.05) is 32.9 Å². The lowest BCUT2D eigenvalue weighted by Crippen LogP contribution is -2.32. The minimum Gasteiger partial charge on any atom is -0.382 e. The number of carbonyl (C=O) groups excluding carboxylic acids is 2. The minimum absolute atomic E-state index is 0.0802. The molecule has 1 aromatic carbocycles. The van der Waals surface area contributed by atoms with E-state index in [2.05, 4.69) is 4.98 Å². The van der Waals surface area contributed by atoms with Gasteiger partial charge >= 0.3 is 0 Å². The largest absolute Gasteiger partial charge is 0.382 e. The van der Waals surface area contributed by atoms with Gasteiger partial charge in [-0.3, -0.25) is 9.59 Å². The SMILES string of the molecule is CN1C[C@H](CN(C)C(=O)c2cccc(-c3cnc(N)c(Cl)c3)c2)CC1=O. The zero-order valence-electron chi connectivity index (χ0n) is 14.8. The molecule has 0 radical (unpaired) electrons. The summed E-state index contributed by atoms with van der Waals surface area (Å²) in [5.74, 6) is 0.497. The number of amides is 2. The third-order valence-corrected chi connectivity index (χ3v) is 4.92. The van der Waals surface area contributed by atoms with E-state index < -0.39 is 0 Å². The Hall–Kier alpha value is -2.60. The highest BCUT2D eigenvalue weighted by Gasteiger charge is 2.28. The van der Waals surface area contributed by atoms with Gasteiger partial charge < -0.3 is 15.5 Å². The van der Waals surface area contributed by atoms with Gasteiger partial charge in [0, 0.05) is 56.8 Å². The number of hydrogen-bond donors (Lipinski definition) is 1. The van der Waals surface area contributed by atoms with Crippen molar-refractivity contribution in [3.8, 4) is 11.1 Å². The number of rotatable bonds is 4. The van der Waals surface area contributed by atoms with Gasteiger partial charge in [0.2, 0.25) is 5.91 Å². The van der Waals surface area contributed by atoms with E-state index in [4.69, 9.17) is 17.3 Å². The number of carbonyl (C=O) groups is 2. The van der Waals surface area contributed by atoms with E-state index >= 15 is 0 Å². The minimum atomic E-state index is -0.0802. The van der Waals surface area contributed by atoms with Gasteiger partial charge in [-0.15, -0.1) is 0 Å². The van der Waals surface area contributed by atoms with Crippen molar-refractivity contribution in [3.05, 3.63) is 47.1 Å². The second-order valence-electron chi connectivity index (χ2n) is 6.70. The number of nitrogens with zero attached hydrogens (tertiary/aromatic N) is 3. The van der Waals surface area contributed by atoms with Crippen LogP contribution in [0, 0.1) is 5.92 Å². The maximum absolute atomic E-state index is 12.8. The third-order valence-electron chi connectivity index (χ3n) is 4.61. The molecule has 2 aromatic rings. The number of hydrogen-bond acceptors (Lipinski definition) is 4. The molecule has 3 rings (SSSR count). The molecular weight excluding hydrogens is 352 g/mol. The highest BCUT2D eigenvalue weighted by molar-refractivity contribution is 6.33. The molecule has 1 aromatic heterocycles. The van der Waals surface area contributed by atoms with Crippen molar-refractivity contribution in [2.24, 2.45) is 5.92 Å². The van der Waals surface area contributed by atoms with Gasteiger partial charge in [-0.05, 0) is 23.8 Å². The van der Waals surface area contributed by atoms with Crippen LogP contribution in [0.5, 0.6) is 0 Å². The van der Waals surface area contributed by atoms with E-state index in [-0.39, 0.29) is 23.6 Å². The lowest BCUT2D eigenvalue weighted by molar-refractivity contribution is -0.126. The van der Waals surface area contributed by atoms with Crippen molar-refractivity contribution in [3.63, 3.8) is 0 Å². The molecule has 2 N–H and O–H groups in total. The third kappa shape index (κ3) is 3.80.